The average Bonchev–Trinajstić information content (AvgIpc) is 2.46. The Kier molecular flexibility index (Phi) is 5.51. The van der Waals surface area contributed by atoms with Gasteiger partial charge in [-0.05, 0) is 0 Å². The quantitative estimate of drug-likeness (QED) is 0.594. The molecule has 0 aromatic carbocycles. The minimum absolute atomic E-state index is 0.0314. The second-order valence-corrected chi connectivity index (χ2v) is 4.30. The summed E-state index contributed by atoms with van der Waals surface area (Å²) in [5.41, 5.74) is 0. The molecule has 1 amide bonds. The maximum atomic E-state index is 11.7. The number of carbonyl (C=O) groups is 1. The zero-order valence-corrected chi connectivity index (χ0v) is 10.8. The maximum absolute atomic E-state index is 11.7. The van der Waals surface area contributed by atoms with Crippen LogP contribution in [0, 0.1) is 0 Å². The largest absolute Gasteiger partial charge is 0.378 e. The lowest BCUT2D eigenvalue weighted by Gasteiger charge is -2.23. The van der Waals surface area contributed by atoms with E-state index < -0.39 is 0 Å². The highest BCUT2D eigenvalue weighted by Crippen LogP contribution is 1.98. The molecule has 0 aliphatic carbocycles. The standard InChI is InChI=1S/C12H19N5O2/c18-12(7-10-9-19-6-5-14-10)17-4-3-16-11-8-13-1-2-15-11/h1-2,8,10,14H,3-7,9H2,(H,15,16)(H,17,18). The topological polar surface area (TPSA) is 88.2 Å². The summed E-state index contributed by atoms with van der Waals surface area (Å²) in [5, 5.41) is 9.18. The minimum Gasteiger partial charge on any atom is -0.378 e. The lowest BCUT2D eigenvalue weighted by atomic mass is 10.2. The van der Waals surface area contributed by atoms with Crippen LogP contribution in [0.5, 0.6) is 0 Å². The Morgan fingerprint density at radius 2 is 2.42 bits per heavy atom. The molecule has 7 nitrogen and oxygen atoms in total. The maximum Gasteiger partial charge on any atom is 0.221 e. The average molecular weight is 265 g/mol. The van der Waals surface area contributed by atoms with Crippen LogP contribution in [0.1, 0.15) is 6.42 Å². The number of rotatable bonds is 6. The van der Waals surface area contributed by atoms with Crippen LogP contribution in [0.2, 0.25) is 0 Å². The molecule has 1 aromatic rings. The third-order valence-corrected chi connectivity index (χ3v) is 2.75. The van der Waals surface area contributed by atoms with Crippen molar-refractivity contribution in [3.63, 3.8) is 0 Å². The Labute approximate surface area is 112 Å². The molecular formula is C12H19N5O2. The van der Waals surface area contributed by atoms with Gasteiger partial charge in [-0.1, -0.05) is 0 Å². The molecule has 0 bridgehead atoms. The van der Waals surface area contributed by atoms with Gasteiger partial charge in [-0.25, -0.2) is 4.98 Å². The number of anilines is 1. The summed E-state index contributed by atoms with van der Waals surface area (Å²) in [7, 11) is 0. The Morgan fingerprint density at radius 1 is 1.47 bits per heavy atom. The third kappa shape index (κ3) is 5.19. The molecule has 1 saturated heterocycles. The van der Waals surface area contributed by atoms with E-state index in [1.165, 1.54) is 0 Å². The molecule has 2 heterocycles. The number of nitrogens with zero attached hydrogens (tertiary/aromatic N) is 2. The molecule has 1 fully saturated rings. The highest BCUT2D eigenvalue weighted by molar-refractivity contribution is 5.76. The predicted octanol–water partition coefficient (Wildman–Crippen LogP) is -0.617. The molecule has 0 saturated carbocycles. The zero-order chi connectivity index (χ0) is 13.3. The smallest absolute Gasteiger partial charge is 0.221 e. The van der Waals surface area contributed by atoms with Crippen LogP contribution < -0.4 is 16.0 Å². The molecular weight excluding hydrogens is 246 g/mol. The predicted molar refractivity (Wildman–Crippen MR) is 70.8 cm³/mol. The normalized spacial score (nSPS) is 18.8. The van der Waals surface area contributed by atoms with Crippen LogP contribution >= 0.6 is 0 Å². The van der Waals surface area contributed by atoms with Crippen molar-refractivity contribution in [2.24, 2.45) is 0 Å². The van der Waals surface area contributed by atoms with Crippen molar-refractivity contribution in [1.29, 1.82) is 0 Å². The molecule has 7 heteroatoms. The number of nitrogens with one attached hydrogen (secondary N) is 3. The van der Waals surface area contributed by atoms with E-state index >= 15 is 0 Å². The van der Waals surface area contributed by atoms with Gasteiger partial charge in [0.2, 0.25) is 5.91 Å². The van der Waals surface area contributed by atoms with E-state index in [-0.39, 0.29) is 11.9 Å². The van der Waals surface area contributed by atoms with Gasteiger partial charge in [0.15, 0.2) is 0 Å². The second-order valence-electron chi connectivity index (χ2n) is 4.30. The van der Waals surface area contributed by atoms with E-state index in [2.05, 4.69) is 25.9 Å². The van der Waals surface area contributed by atoms with Gasteiger partial charge in [0.1, 0.15) is 5.82 Å². The monoisotopic (exact) mass is 265 g/mol. The van der Waals surface area contributed by atoms with Crippen LogP contribution in [-0.4, -0.2) is 54.8 Å². The molecule has 104 valence electrons. The summed E-state index contributed by atoms with van der Waals surface area (Å²) in [5.74, 6) is 0.739. The number of ether oxygens (including phenoxy) is 1. The first-order valence-corrected chi connectivity index (χ1v) is 6.42. The minimum atomic E-state index is 0.0314. The van der Waals surface area contributed by atoms with Gasteiger partial charge in [-0.3, -0.25) is 9.78 Å². The van der Waals surface area contributed by atoms with Crippen molar-refractivity contribution in [3.05, 3.63) is 18.6 Å². The van der Waals surface area contributed by atoms with Gasteiger partial charge in [0.25, 0.3) is 0 Å². The van der Waals surface area contributed by atoms with Crippen LogP contribution in [0.4, 0.5) is 5.82 Å². The molecule has 1 unspecified atom stereocenters. The fourth-order valence-electron chi connectivity index (χ4n) is 1.83. The van der Waals surface area contributed by atoms with Crippen molar-refractivity contribution in [2.45, 2.75) is 12.5 Å². The molecule has 3 N–H and O–H groups in total. The number of aromatic nitrogens is 2. The van der Waals surface area contributed by atoms with Crippen molar-refractivity contribution < 1.29 is 9.53 Å². The van der Waals surface area contributed by atoms with Gasteiger partial charge in [0, 0.05) is 44.5 Å². The van der Waals surface area contributed by atoms with Gasteiger partial charge in [-0.15, -0.1) is 0 Å². The van der Waals surface area contributed by atoms with E-state index in [0.29, 0.717) is 31.9 Å². The summed E-state index contributed by atoms with van der Waals surface area (Å²) in [4.78, 5) is 19.7. The van der Waals surface area contributed by atoms with Gasteiger partial charge >= 0.3 is 0 Å². The van der Waals surface area contributed by atoms with Crippen molar-refractivity contribution >= 4 is 11.7 Å². The van der Waals surface area contributed by atoms with Crippen molar-refractivity contribution in [3.8, 4) is 0 Å². The van der Waals surface area contributed by atoms with E-state index in [4.69, 9.17) is 4.74 Å². The zero-order valence-electron chi connectivity index (χ0n) is 10.8. The van der Waals surface area contributed by atoms with Gasteiger partial charge in [0.05, 0.1) is 19.4 Å². The molecule has 1 aliphatic heterocycles. The van der Waals surface area contributed by atoms with E-state index in [1.54, 1.807) is 18.6 Å². The van der Waals surface area contributed by atoms with Crippen LogP contribution in [0.15, 0.2) is 18.6 Å². The fourth-order valence-corrected chi connectivity index (χ4v) is 1.83. The molecule has 1 aromatic heterocycles. The Hall–Kier alpha value is -1.73. The first-order chi connectivity index (χ1) is 9.34. The first kappa shape index (κ1) is 13.7. The van der Waals surface area contributed by atoms with Crippen LogP contribution in [0.3, 0.4) is 0 Å². The lowest BCUT2D eigenvalue weighted by Crippen LogP contribution is -2.44. The summed E-state index contributed by atoms with van der Waals surface area (Å²) in [6.07, 6.45) is 5.33. The fraction of sp³-hybridized carbons (Fsp3) is 0.583. The van der Waals surface area contributed by atoms with Crippen molar-refractivity contribution in [1.82, 2.24) is 20.6 Å². The summed E-state index contributed by atoms with van der Waals surface area (Å²) in [6.45, 7) is 3.32. The van der Waals surface area contributed by atoms with E-state index in [9.17, 15) is 4.79 Å². The molecule has 1 atom stereocenters. The highest BCUT2D eigenvalue weighted by Gasteiger charge is 2.16. The molecule has 19 heavy (non-hydrogen) atoms. The van der Waals surface area contributed by atoms with Crippen molar-refractivity contribution in [2.75, 3.05) is 38.2 Å². The summed E-state index contributed by atoms with van der Waals surface area (Å²) < 4.78 is 5.30. The molecule has 2 rings (SSSR count). The summed E-state index contributed by atoms with van der Waals surface area (Å²) >= 11 is 0. The van der Waals surface area contributed by atoms with E-state index in [0.717, 1.165) is 13.2 Å². The number of hydrogen-bond donors (Lipinski definition) is 3. The Morgan fingerprint density at radius 3 is 3.16 bits per heavy atom. The van der Waals surface area contributed by atoms with Gasteiger partial charge < -0.3 is 20.7 Å². The number of amides is 1. The SMILES string of the molecule is O=C(CC1COCCN1)NCCNc1cnccn1. The molecule has 1 aliphatic rings. The molecule has 0 spiro atoms. The Bertz CT molecular complexity index is 381. The number of hydrogen-bond acceptors (Lipinski definition) is 6. The van der Waals surface area contributed by atoms with Crippen LogP contribution in [0.25, 0.3) is 0 Å². The lowest BCUT2D eigenvalue weighted by molar-refractivity contribution is -0.122. The third-order valence-electron chi connectivity index (χ3n) is 2.75. The Balaban J connectivity index is 1.56. The first-order valence-electron chi connectivity index (χ1n) is 6.42. The van der Waals surface area contributed by atoms with Gasteiger partial charge in [-0.2, -0.15) is 0 Å². The van der Waals surface area contributed by atoms with E-state index in [1.807, 2.05) is 0 Å². The number of morpholine rings is 1. The summed E-state index contributed by atoms with van der Waals surface area (Å²) in [6, 6.07) is 0.127. The number of carbonyl (C=O) groups excluding carboxylic acids is 1. The molecule has 0 radical (unpaired) electrons. The van der Waals surface area contributed by atoms with Crippen LogP contribution in [-0.2, 0) is 9.53 Å². The highest BCUT2D eigenvalue weighted by atomic mass is 16.5. The second kappa shape index (κ2) is 7.65.